The van der Waals surface area contributed by atoms with E-state index < -0.39 is 0 Å². The van der Waals surface area contributed by atoms with E-state index in [2.05, 4.69) is 28.2 Å². The number of carbonyl (C=O) groups is 1. The minimum absolute atomic E-state index is 0.0406. The van der Waals surface area contributed by atoms with Crippen LogP contribution in [0.15, 0.2) is 22.7 Å². The first kappa shape index (κ1) is 15.2. The molecule has 0 aromatic heterocycles. The quantitative estimate of drug-likeness (QED) is 0.875. The van der Waals surface area contributed by atoms with Gasteiger partial charge in [-0.3, -0.25) is 4.79 Å². The Hall–Kier alpha value is -0.870. The Morgan fingerprint density at radius 1 is 1.50 bits per heavy atom. The normalized spacial score (nSPS) is 12.2. The summed E-state index contributed by atoms with van der Waals surface area (Å²) in [5, 5.41) is 3.00. The van der Waals surface area contributed by atoms with Crippen LogP contribution in [0, 0.1) is 6.92 Å². The van der Waals surface area contributed by atoms with Crippen LogP contribution in [-0.4, -0.2) is 25.7 Å². The predicted octanol–water partition coefficient (Wildman–Crippen LogP) is 3.30. The van der Waals surface area contributed by atoms with Crippen molar-refractivity contribution in [2.24, 2.45) is 0 Å². The van der Waals surface area contributed by atoms with Crippen molar-refractivity contribution < 1.29 is 9.53 Å². The molecule has 1 aromatic rings. The number of nitrogens with one attached hydrogen (secondary N) is 1. The molecule has 1 rings (SSSR count). The Balaban J connectivity index is 2.70. The van der Waals surface area contributed by atoms with Gasteiger partial charge in [-0.25, -0.2) is 0 Å². The Morgan fingerprint density at radius 3 is 2.78 bits per heavy atom. The zero-order valence-electron chi connectivity index (χ0n) is 11.1. The molecule has 1 amide bonds. The van der Waals surface area contributed by atoms with Crippen LogP contribution in [0.25, 0.3) is 0 Å². The molecule has 3 nitrogen and oxygen atoms in total. The van der Waals surface area contributed by atoms with Crippen molar-refractivity contribution in [1.29, 1.82) is 0 Å². The highest BCUT2D eigenvalue weighted by Crippen LogP contribution is 2.17. The lowest BCUT2D eigenvalue weighted by Crippen LogP contribution is -2.37. The fourth-order valence-electron chi connectivity index (χ4n) is 1.80. The molecule has 0 spiro atoms. The van der Waals surface area contributed by atoms with E-state index in [-0.39, 0.29) is 11.9 Å². The molecule has 1 N–H and O–H groups in total. The molecular weight excluding hydrogens is 294 g/mol. The number of amides is 1. The summed E-state index contributed by atoms with van der Waals surface area (Å²) in [5.74, 6) is -0.0406. The van der Waals surface area contributed by atoms with Gasteiger partial charge in [-0.2, -0.15) is 0 Å². The van der Waals surface area contributed by atoms with Gasteiger partial charge in [-0.1, -0.05) is 29.3 Å². The third-order valence-electron chi connectivity index (χ3n) is 2.76. The number of benzene rings is 1. The van der Waals surface area contributed by atoms with Gasteiger partial charge in [0.2, 0.25) is 0 Å². The van der Waals surface area contributed by atoms with Crippen molar-refractivity contribution in [2.75, 3.05) is 13.7 Å². The zero-order valence-corrected chi connectivity index (χ0v) is 12.7. The number of carbonyl (C=O) groups excluding carboxylic acids is 1. The van der Waals surface area contributed by atoms with Gasteiger partial charge < -0.3 is 10.1 Å². The molecule has 0 saturated carbocycles. The molecule has 0 radical (unpaired) electrons. The van der Waals surface area contributed by atoms with E-state index in [0.29, 0.717) is 12.2 Å². The van der Waals surface area contributed by atoms with Crippen molar-refractivity contribution in [3.05, 3.63) is 33.8 Å². The van der Waals surface area contributed by atoms with Crippen LogP contribution in [0.2, 0.25) is 0 Å². The van der Waals surface area contributed by atoms with Gasteiger partial charge in [0.05, 0.1) is 12.6 Å². The Bertz CT molecular complexity index is 401. The monoisotopic (exact) mass is 313 g/mol. The maximum Gasteiger partial charge on any atom is 0.251 e. The first-order valence-corrected chi connectivity index (χ1v) is 6.93. The van der Waals surface area contributed by atoms with Crippen molar-refractivity contribution in [1.82, 2.24) is 5.32 Å². The van der Waals surface area contributed by atoms with Gasteiger partial charge >= 0.3 is 0 Å². The van der Waals surface area contributed by atoms with Crippen LogP contribution in [0.5, 0.6) is 0 Å². The van der Waals surface area contributed by atoms with E-state index >= 15 is 0 Å². The minimum Gasteiger partial charge on any atom is -0.383 e. The minimum atomic E-state index is -0.0406. The van der Waals surface area contributed by atoms with Crippen LogP contribution in [-0.2, 0) is 4.74 Å². The number of aryl methyl sites for hydroxylation is 1. The largest absolute Gasteiger partial charge is 0.383 e. The molecule has 0 aliphatic heterocycles. The molecule has 4 heteroatoms. The number of ether oxygens (including phenoxy) is 1. The first-order valence-electron chi connectivity index (χ1n) is 6.14. The second-order valence-corrected chi connectivity index (χ2v) is 5.23. The lowest BCUT2D eigenvalue weighted by atomic mass is 10.1. The summed E-state index contributed by atoms with van der Waals surface area (Å²) in [6, 6.07) is 5.68. The van der Waals surface area contributed by atoms with Crippen LogP contribution in [0.3, 0.4) is 0 Å². The molecule has 0 aliphatic rings. The maximum atomic E-state index is 12.1. The molecule has 100 valence electrons. The summed E-state index contributed by atoms with van der Waals surface area (Å²) in [7, 11) is 1.65. The standard InChI is InChI=1S/C14H20BrNO2/c1-4-5-12(9-18-3)16-14(17)11-6-7-13(15)10(2)8-11/h6-8,12H,4-5,9H2,1-3H3,(H,16,17). The Labute approximate surface area is 117 Å². The number of hydrogen-bond acceptors (Lipinski definition) is 2. The SMILES string of the molecule is CCCC(COC)NC(=O)c1ccc(Br)c(C)c1. The fourth-order valence-corrected chi connectivity index (χ4v) is 2.05. The van der Waals surface area contributed by atoms with E-state index in [1.807, 2.05) is 25.1 Å². The molecule has 0 bridgehead atoms. The topological polar surface area (TPSA) is 38.3 Å². The summed E-state index contributed by atoms with van der Waals surface area (Å²) in [6.45, 7) is 4.62. The molecule has 1 unspecified atom stereocenters. The maximum absolute atomic E-state index is 12.1. The van der Waals surface area contributed by atoms with Gasteiger partial charge in [0.1, 0.15) is 0 Å². The molecule has 18 heavy (non-hydrogen) atoms. The highest BCUT2D eigenvalue weighted by atomic mass is 79.9. The molecule has 0 saturated heterocycles. The fraction of sp³-hybridized carbons (Fsp3) is 0.500. The zero-order chi connectivity index (χ0) is 13.5. The van der Waals surface area contributed by atoms with Crippen LogP contribution >= 0.6 is 15.9 Å². The second kappa shape index (κ2) is 7.54. The summed E-state index contributed by atoms with van der Waals surface area (Å²) in [5.41, 5.74) is 1.74. The number of methoxy groups -OCH3 is 1. The summed E-state index contributed by atoms with van der Waals surface area (Å²) >= 11 is 3.43. The smallest absolute Gasteiger partial charge is 0.251 e. The van der Waals surface area contributed by atoms with Crippen molar-refractivity contribution in [2.45, 2.75) is 32.7 Å². The Kier molecular flexibility index (Phi) is 6.36. The van der Waals surface area contributed by atoms with Crippen LogP contribution in [0.4, 0.5) is 0 Å². The molecular formula is C14H20BrNO2. The van der Waals surface area contributed by atoms with Gasteiger partial charge in [0.25, 0.3) is 5.91 Å². The third kappa shape index (κ3) is 4.42. The molecule has 0 fully saturated rings. The second-order valence-electron chi connectivity index (χ2n) is 4.38. The Morgan fingerprint density at radius 2 is 2.22 bits per heavy atom. The lowest BCUT2D eigenvalue weighted by molar-refractivity contribution is 0.0891. The lowest BCUT2D eigenvalue weighted by Gasteiger charge is -2.17. The molecule has 0 aliphatic carbocycles. The third-order valence-corrected chi connectivity index (χ3v) is 3.65. The van der Waals surface area contributed by atoms with E-state index in [4.69, 9.17) is 4.74 Å². The highest BCUT2D eigenvalue weighted by molar-refractivity contribution is 9.10. The van der Waals surface area contributed by atoms with Gasteiger partial charge in [0.15, 0.2) is 0 Å². The number of hydrogen-bond donors (Lipinski definition) is 1. The van der Waals surface area contributed by atoms with Crippen molar-refractivity contribution in [3.8, 4) is 0 Å². The summed E-state index contributed by atoms with van der Waals surface area (Å²) in [4.78, 5) is 12.1. The predicted molar refractivity (Wildman–Crippen MR) is 76.9 cm³/mol. The van der Waals surface area contributed by atoms with E-state index in [1.165, 1.54) is 0 Å². The first-order chi connectivity index (χ1) is 8.58. The van der Waals surface area contributed by atoms with Gasteiger partial charge in [-0.05, 0) is 37.1 Å². The van der Waals surface area contributed by atoms with Crippen LogP contribution in [0.1, 0.15) is 35.7 Å². The summed E-state index contributed by atoms with van der Waals surface area (Å²) < 4.78 is 6.13. The average Bonchev–Trinajstić information content (AvgIpc) is 2.33. The van der Waals surface area contributed by atoms with Crippen molar-refractivity contribution >= 4 is 21.8 Å². The van der Waals surface area contributed by atoms with Gasteiger partial charge in [-0.15, -0.1) is 0 Å². The molecule has 1 atom stereocenters. The average molecular weight is 314 g/mol. The molecule has 1 aromatic carbocycles. The van der Waals surface area contributed by atoms with Crippen molar-refractivity contribution in [3.63, 3.8) is 0 Å². The van der Waals surface area contributed by atoms with Gasteiger partial charge in [0, 0.05) is 17.1 Å². The summed E-state index contributed by atoms with van der Waals surface area (Å²) in [6.07, 6.45) is 1.95. The number of rotatable bonds is 6. The molecule has 0 heterocycles. The van der Waals surface area contributed by atoms with E-state index in [1.54, 1.807) is 7.11 Å². The van der Waals surface area contributed by atoms with E-state index in [0.717, 1.165) is 22.9 Å². The van der Waals surface area contributed by atoms with E-state index in [9.17, 15) is 4.79 Å². The number of halogens is 1. The van der Waals surface area contributed by atoms with Crippen LogP contribution < -0.4 is 5.32 Å². The highest BCUT2D eigenvalue weighted by Gasteiger charge is 2.13.